The first-order chi connectivity index (χ1) is 11.5. The molecule has 1 aliphatic rings. The first kappa shape index (κ1) is 17.9. The van der Waals surface area contributed by atoms with Gasteiger partial charge in [0.1, 0.15) is 5.75 Å². The Balaban J connectivity index is 1.91. The van der Waals surface area contributed by atoms with Gasteiger partial charge in [0.2, 0.25) is 0 Å². The Labute approximate surface area is 153 Å². The highest BCUT2D eigenvalue weighted by Gasteiger charge is 2.30. The Hall–Kier alpha value is -0.920. The molecule has 0 bridgehead atoms. The smallest absolute Gasteiger partial charge is 0.367 e. The van der Waals surface area contributed by atoms with Crippen molar-refractivity contribution in [3.8, 4) is 17.0 Å². The van der Waals surface area contributed by atoms with E-state index in [0.717, 1.165) is 32.6 Å². The highest BCUT2D eigenvalue weighted by atomic mass is 79.9. The summed E-state index contributed by atoms with van der Waals surface area (Å²) in [5, 5.41) is 0.533. The molecule has 0 atom stereocenters. The number of rotatable bonds is 7. The third kappa shape index (κ3) is 3.39. The molecule has 0 saturated carbocycles. The van der Waals surface area contributed by atoms with E-state index in [1.54, 1.807) is 13.8 Å². The summed E-state index contributed by atoms with van der Waals surface area (Å²) in [6, 6.07) is 3.75. The number of benzene rings is 1. The van der Waals surface area contributed by atoms with Gasteiger partial charge in [0.15, 0.2) is 11.5 Å². The van der Waals surface area contributed by atoms with Crippen molar-refractivity contribution in [3.05, 3.63) is 27.0 Å². The minimum atomic E-state index is -3.28. The monoisotopic (exact) mass is 432 g/mol. The SMILES string of the molecule is CCOP(=O)(COc1ccc(Br)c2c1-c1nc(N)sc1C2)OCC. The zero-order valence-electron chi connectivity index (χ0n) is 13.4. The zero-order chi connectivity index (χ0) is 17.3. The molecule has 130 valence electrons. The van der Waals surface area contributed by atoms with Crippen LogP contribution in [0.3, 0.4) is 0 Å². The summed E-state index contributed by atoms with van der Waals surface area (Å²) >= 11 is 5.05. The van der Waals surface area contributed by atoms with Gasteiger partial charge in [0, 0.05) is 21.3 Å². The molecule has 3 rings (SSSR count). The number of nitrogen functional groups attached to an aromatic ring is 1. The molecule has 1 aromatic carbocycles. The second-order valence-electron chi connectivity index (χ2n) is 5.12. The average Bonchev–Trinajstić information content (AvgIpc) is 3.04. The van der Waals surface area contributed by atoms with Crippen molar-refractivity contribution in [2.24, 2.45) is 0 Å². The lowest BCUT2D eigenvalue weighted by atomic mass is 10.1. The maximum atomic E-state index is 12.6. The second-order valence-corrected chi connectivity index (χ2v) is 9.09. The molecule has 2 N–H and O–H groups in total. The molecule has 2 aromatic rings. The van der Waals surface area contributed by atoms with Crippen LogP contribution in [0.4, 0.5) is 5.13 Å². The van der Waals surface area contributed by atoms with Gasteiger partial charge >= 0.3 is 7.60 Å². The van der Waals surface area contributed by atoms with Crippen LogP contribution in [-0.2, 0) is 20.0 Å². The summed E-state index contributed by atoms with van der Waals surface area (Å²) in [5.74, 6) is 0.608. The van der Waals surface area contributed by atoms with E-state index in [9.17, 15) is 4.57 Å². The number of hydrogen-bond donors (Lipinski definition) is 1. The molecule has 0 saturated heterocycles. The third-order valence-corrected chi connectivity index (χ3v) is 6.91. The molecule has 24 heavy (non-hydrogen) atoms. The van der Waals surface area contributed by atoms with Crippen LogP contribution in [0.15, 0.2) is 16.6 Å². The van der Waals surface area contributed by atoms with E-state index in [-0.39, 0.29) is 6.35 Å². The van der Waals surface area contributed by atoms with E-state index in [4.69, 9.17) is 19.5 Å². The topological polar surface area (TPSA) is 83.7 Å². The molecule has 1 aromatic heterocycles. The molecular formula is C15H18BrN2O4PS. The number of fused-ring (bicyclic) bond motifs is 3. The lowest BCUT2D eigenvalue weighted by Crippen LogP contribution is -2.06. The van der Waals surface area contributed by atoms with Crippen LogP contribution in [0.5, 0.6) is 5.75 Å². The van der Waals surface area contributed by atoms with Gasteiger partial charge in [-0.1, -0.05) is 15.9 Å². The van der Waals surface area contributed by atoms with Gasteiger partial charge in [0.05, 0.1) is 18.9 Å². The number of halogens is 1. The Kier molecular flexibility index (Phi) is 5.32. The first-order valence-corrected chi connectivity index (χ1v) is 10.9. The van der Waals surface area contributed by atoms with Crippen molar-refractivity contribution >= 4 is 40.0 Å². The Morgan fingerprint density at radius 3 is 2.71 bits per heavy atom. The van der Waals surface area contributed by atoms with Gasteiger partial charge in [-0.3, -0.25) is 4.57 Å². The lowest BCUT2D eigenvalue weighted by molar-refractivity contribution is 0.197. The number of ether oxygens (including phenoxy) is 1. The van der Waals surface area contributed by atoms with Crippen LogP contribution in [0.2, 0.25) is 0 Å². The summed E-state index contributed by atoms with van der Waals surface area (Å²) in [6.07, 6.45) is 0.615. The first-order valence-electron chi connectivity index (χ1n) is 7.55. The van der Waals surface area contributed by atoms with Crippen LogP contribution >= 0.6 is 34.9 Å². The highest BCUT2D eigenvalue weighted by molar-refractivity contribution is 9.10. The summed E-state index contributed by atoms with van der Waals surface area (Å²) < 4.78 is 30.0. The van der Waals surface area contributed by atoms with E-state index in [0.29, 0.717) is 24.1 Å². The predicted molar refractivity (Wildman–Crippen MR) is 98.8 cm³/mol. The third-order valence-electron chi connectivity index (χ3n) is 3.54. The fraction of sp³-hybridized carbons (Fsp3) is 0.400. The van der Waals surface area contributed by atoms with Crippen LogP contribution < -0.4 is 10.5 Å². The summed E-state index contributed by atoms with van der Waals surface area (Å²) in [4.78, 5) is 5.52. The second kappa shape index (κ2) is 7.14. The van der Waals surface area contributed by atoms with Gasteiger partial charge in [0.25, 0.3) is 0 Å². The molecule has 9 heteroatoms. The van der Waals surface area contributed by atoms with Crippen molar-refractivity contribution < 1.29 is 18.3 Å². The predicted octanol–water partition coefficient (Wildman–Crippen LogP) is 4.66. The lowest BCUT2D eigenvalue weighted by Gasteiger charge is -2.18. The summed E-state index contributed by atoms with van der Waals surface area (Å²) in [5.41, 5.74) is 8.66. The van der Waals surface area contributed by atoms with E-state index in [1.807, 2.05) is 12.1 Å². The van der Waals surface area contributed by atoms with E-state index in [2.05, 4.69) is 20.9 Å². The number of nitrogens with two attached hydrogens (primary N) is 1. The molecule has 6 nitrogen and oxygen atoms in total. The minimum absolute atomic E-state index is 0.141. The number of aromatic nitrogens is 1. The van der Waals surface area contributed by atoms with Crippen LogP contribution in [-0.4, -0.2) is 24.5 Å². The quantitative estimate of drug-likeness (QED) is 0.546. The fourth-order valence-corrected chi connectivity index (χ4v) is 5.28. The van der Waals surface area contributed by atoms with Gasteiger partial charge in [-0.25, -0.2) is 4.98 Å². The molecule has 1 aliphatic carbocycles. The molecule has 0 spiro atoms. The van der Waals surface area contributed by atoms with Crippen LogP contribution in [0.25, 0.3) is 11.3 Å². The Morgan fingerprint density at radius 2 is 2.04 bits per heavy atom. The highest BCUT2D eigenvalue weighted by Crippen LogP contribution is 2.51. The maximum Gasteiger partial charge on any atom is 0.367 e. The van der Waals surface area contributed by atoms with Gasteiger partial charge in [-0.05, 0) is 31.5 Å². The van der Waals surface area contributed by atoms with Crippen molar-refractivity contribution in [3.63, 3.8) is 0 Å². The normalized spacial score (nSPS) is 13.0. The molecule has 0 amide bonds. The molecule has 1 heterocycles. The summed E-state index contributed by atoms with van der Waals surface area (Å²) in [6.45, 7) is 4.14. The van der Waals surface area contributed by atoms with Gasteiger partial charge in [-0.15, -0.1) is 11.3 Å². The molecule has 0 radical (unpaired) electrons. The average molecular weight is 433 g/mol. The molecule has 0 aliphatic heterocycles. The zero-order valence-corrected chi connectivity index (χ0v) is 16.7. The largest absolute Gasteiger partial charge is 0.480 e. The van der Waals surface area contributed by atoms with Gasteiger partial charge in [-0.2, -0.15) is 0 Å². The maximum absolute atomic E-state index is 12.6. The van der Waals surface area contributed by atoms with Crippen LogP contribution in [0.1, 0.15) is 24.3 Å². The van der Waals surface area contributed by atoms with Crippen LogP contribution in [0, 0.1) is 0 Å². The van der Waals surface area contributed by atoms with Crippen molar-refractivity contribution in [1.29, 1.82) is 0 Å². The molecule has 0 fully saturated rings. The number of nitrogens with zero attached hydrogens (tertiary/aromatic N) is 1. The van der Waals surface area contributed by atoms with E-state index >= 15 is 0 Å². The van der Waals surface area contributed by atoms with Crippen molar-refractivity contribution in [1.82, 2.24) is 4.98 Å². The molecular weight excluding hydrogens is 415 g/mol. The number of anilines is 1. The number of hydrogen-bond acceptors (Lipinski definition) is 7. The summed E-state index contributed by atoms with van der Waals surface area (Å²) in [7, 11) is -3.28. The Morgan fingerprint density at radius 1 is 1.33 bits per heavy atom. The minimum Gasteiger partial charge on any atom is -0.480 e. The Bertz CT molecular complexity index is 801. The fourth-order valence-electron chi connectivity index (χ4n) is 2.65. The van der Waals surface area contributed by atoms with E-state index in [1.165, 1.54) is 11.3 Å². The van der Waals surface area contributed by atoms with Crippen molar-refractivity contribution in [2.75, 3.05) is 25.3 Å². The van der Waals surface area contributed by atoms with Gasteiger partial charge < -0.3 is 19.5 Å². The van der Waals surface area contributed by atoms with Crippen molar-refractivity contribution in [2.45, 2.75) is 20.3 Å². The molecule has 0 unspecified atom stereocenters. The standard InChI is InChI=1S/C15H18BrN2O4PS/c1-3-21-23(19,22-4-2)8-20-11-6-5-10(16)9-7-12-14(13(9)11)18-15(17)24-12/h5-6H,3-4,7-8H2,1-2H3,(H2,17,18). The van der Waals surface area contributed by atoms with E-state index < -0.39 is 7.60 Å². The number of thiazole rings is 1.